The van der Waals surface area contributed by atoms with Gasteiger partial charge in [0.05, 0.1) is 16.1 Å². The van der Waals surface area contributed by atoms with Gasteiger partial charge < -0.3 is 4.42 Å². The van der Waals surface area contributed by atoms with Gasteiger partial charge >= 0.3 is 0 Å². The number of nitrogens with one attached hydrogen (secondary N) is 1. The van der Waals surface area contributed by atoms with Crippen LogP contribution in [-0.4, -0.2) is 0 Å². The van der Waals surface area contributed by atoms with E-state index in [1.54, 1.807) is 12.1 Å². The van der Waals surface area contributed by atoms with Crippen LogP contribution >= 0.6 is 23.2 Å². The molecule has 0 spiro atoms. The van der Waals surface area contributed by atoms with Crippen LogP contribution in [0.3, 0.4) is 0 Å². The third-order valence-corrected chi connectivity index (χ3v) is 4.40. The van der Waals surface area contributed by atoms with Crippen molar-refractivity contribution >= 4 is 39.9 Å². The molecule has 0 radical (unpaired) electrons. The normalized spacial score (nSPS) is 11.7. The highest BCUT2D eigenvalue weighted by Crippen LogP contribution is 2.29. The minimum Gasteiger partial charge on any atom is -0.454 e. The molecule has 0 amide bonds. The van der Waals surface area contributed by atoms with Crippen molar-refractivity contribution in [3.05, 3.63) is 94.3 Å². The molecule has 0 atom stereocenters. The SMILES string of the molecule is Clc1cc(Cl)c2oc(-c3ccccc3)c/c(=N/Nc3ccccc3)c2c1. The molecule has 0 aliphatic heterocycles. The van der Waals surface area contributed by atoms with E-state index in [0.717, 1.165) is 16.6 Å². The predicted octanol–water partition coefficient (Wildman–Crippen LogP) is 6.33. The van der Waals surface area contributed by atoms with E-state index >= 15 is 0 Å². The summed E-state index contributed by atoms with van der Waals surface area (Å²) >= 11 is 12.6. The van der Waals surface area contributed by atoms with E-state index in [1.165, 1.54) is 0 Å². The van der Waals surface area contributed by atoms with Crippen molar-refractivity contribution in [3.8, 4) is 11.3 Å². The van der Waals surface area contributed by atoms with Crippen LogP contribution in [0.15, 0.2) is 88.4 Å². The summed E-state index contributed by atoms with van der Waals surface area (Å²) in [5, 5.41) is 6.95. The summed E-state index contributed by atoms with van der Waals surface area (Å²) < 4.78 is 6.05. The maximum absolute atomic E-state index is 6.37. The monoisotopic (exact) mass is 380 g/mol. The number of benzene rings is 3. The largest absolute Gasteiger partial charge is 0.454 e. The molecule has 0 saturated heterocycles. The van der Waals surface area contributed by atoms with Crippen molar-refractivity contribution in [2.75, 3.05) is 5.43 Å². The van der Waals surface area contributed by atoms with Crippen LogP contribution in [-0.2, 0) is 0 Å². The van der Waals surface area contributed by atoms with E-state index in [-0.39, 0.29) is 0 Å². The molecule has 0 unspecified atom stereocenters. The quantitative estimate of drug-likeness (QED) is 0.421. The number of anilines is 1. The Kier molecular flexibility index (Phi) is 4.65. The topological polar surface area (TPSA) is 37.5 Å². The first-order valence-electron chi connectivity index (χ1n) is 8.04. The summed E-state index contributed by atoms with van der Waals surface area (Å²) in [4.78, 5) is 0. The lowest BCUT2D eigenvalue weighted by atomic mass is 10.1. The van der Waals surface area contributed by atoms with Gasteiger partial charge in [-0.25, -0.2) is 0 Å². The first kappa shape index (κ1) is 16.7. The smallest absolute Gasteiger partial charge is 0.155 e. The van der Waals surface area contributed by atoms with Crippen LogP contribution in [0.25, 0.3) is 22.3 Å². The standard InChI is InChI=1S/C21H14Cl2N2O/c22-15-11-17-19(25-24-16-9-5-2-6-10-16)13-20(14-7-3-1-4-8-14)26-21(17)18(23)12-15/h1-13,24H/b25-19-. The van der Waals surface area contributed by atoms with E-state index in [2.05, 4.69) is 10.5 Å². The zero-order chi connectivity index (χ0) is 17.9. The highest BCUT2D eigenvalue weighted by atomic mass is 35.5. The van der Waals surface area contributed by atoms with Crippen molar-refractivity contribution in [1.82, 2.24) is 0 Å². The van der Waals surface area contributed by atoms with Gasteiger partial charge in [-0.3, -0.25) is 5.43 Å². The van der Waals surface area contributed by atoms with Crippen LogP contribution < -0.4 is 10.8 Å². The number of nitrogens with zero attached hydrogens (tertiary/aromatic N) is 1. The van der Waals surface area contributed by atoms with Crippen LogP contribution in [0.4, 0.5) is 5.69 Å². The number of para-hydroxylation sites is 1. The Bertz CT molecular complexity index is 1120. The molecule has 1 N–H and O–H groups in total. The molecule has 26 heavy (non-hydrogen) atoms. The molecule has 1 aromatic heterocycles. The fourth-order valence-electron chi connectivity index (χ4n) is 2.67. The Morgan fingerprint density at radius 1 is 0.808 bits per heavy atom. The van der Waals surface area contributed by atoms with Crippen molar-refractivity contribution in [2.24, 2.45) is 5.10 Å². The third-order valence-electron chi connectivity index (χ3n) is 3.90. The molecule has 3 aromatic carbocycles. The molecule has 0 bridgehead atoms. The number of hydrogen-bond donors (Lipinski definition) is 1. The molecule has 5 heteroatoms. The molecule has 3 nitrogen and oxygen atoms in total. The Balaban J connectivity index is 1.94. The molecule has 128 valence electrons. The van der Waals surface area contributed by atoms with Gasteiger partial charge in [-0.2, -0.15) is 5.10 Å². The second-order valence-corrected chi connectivity index (χ2v) is 6.56. The van der Waals surface area contributed by atoms with Gasteiger partial charge in [-0.05, 0) is 24.3 Å². The Labute approximate surface area is 160 Å². The number of halogens is 2. The Morgan fingerprint density at radius 3 is 2.23 bits per heavy atom. The van der Waals surface area contributed by atoms with Crippen LogP contribution in [0, 0.1) is 0 Å². The second kappa shape index (κ2) is 7.24. The molecule has 4 aromatic rings. The lowest BCUT2D eigenvalue weighted by Gasteiger charge is -2.07. The fourth-order valence-corrected chi connectivity index (χ4v) is 3.20. The summed E-state index contributed by atoms with van der Waals surface area (Å²) in [5.74, 6) is 0.677. The van der Waals surface area contributed by atoms with E-state index in [1.807, 2.05) is 66.7 Å². The number of hydrogen-bond acceptors (Lipinski definition) is 3. The second-order valence-electron chi connectivity index (χ2n) is 5.72. The van der Waals surface area contributed by atoms with Gasteiger partial charge in [0.15, 0.2) is 5.58 Å². The molecule has 0 aliphatic carbocycles. The Hall–Kier alpha value is -2.75. The molecular formula is C21H14Cl2N2O. The minimum absolute atomic E-state index is 0.446. The summed E-state index contributed by atoms with van der Waals surface area (Å²) in [6.07, 6.45) is 0. The lowest BCUT2D eigenvalue weighted by Crippen LogP contribution is -2.07. The van der Waals surface area contributed by atoms with Gasteiger partial charge in [-0.1, -0.05) is 71.7 Å². The van der Waals surface area contributed by atoms with Crippen molar-refractivity contribution < 1.29 is 4.42 Å². The average molecular weight is 381 g/mol. The van der Waals surface area contributed by atoms with Crippen molar-refractivity contribution in [2.45, 2.75) is 0 Å². The zero-order valence-electron chi connectivity index (χ0n) is 13.6. The average Bonchev–Trinajstić information content (AvgIpc) is 2.68. The van der Waals surface area contributed by atoms with Crippen LogP contribution in [0.2, 0.25) is 10.0 Å². The van der Waals surface area contributed by atoms with E-state index in [9.17, 15) is 0 Å². The van der Waals surface area contributed by atoms with Crippen molar-refractivity contribution in [3.63, 3.8) is 0 Å². The first-order valence-corrected chi connectivity index (χ1v) is 8.79. The van der Waals surface area contributed by atoms with Gasteiger partial charge in [-0.15, -0.1) is 0 Å². The molecule has 4 rings (SSSR count). The summed E-state index contributed by atoms with van der Waals surface area (Å²) in [5.41, 5.74) is 5.44. The molecule has 0 fully saturated rings. The fraction of sp³-hybridized carbons (Fsp3) is 0. The third kappa shape index (κ3) is 3.45. The minimum atomic E-state index is 0.446. The molecule has 0 saturated carbocycles. The summed E-state index contributed by atoms with van der Waals surface area (Å²) in [7, 11) is 0. The highest BCUT2D eigenvalue weighted by Gasteiger charge is 2.10. The summed E-state index contributed by atoms with van der Waals surface area (Å²) in [6.45, 7) is 0. The molecular weight excluding hydrogens is 367 g/mol. The number of fused-ring (bicyclic) bond motifs is 1. The maximum Gasteiger partial charge on any atom is 0.155 e. The van der Waals surface area contributed by atoms with E-state index < -0.39 is 0 Å². The maximum atomic E-state index is 6.37. The van der Waals surface area contributed by atoms with E-state index in [4.69, 9.17) is 27.6 Å². The van der Waals surface area contributed by atoms with E-state index in [0.29, 0.717) is 26.7 Å². The lowest BCUT2D eigenvalue weighted by molar-refractivity contribution is 0.618. The van der Waals surface area contributed by atoms with Gasteiger partial charge in [0, 0.05) is 22.0 Å². The number of rotatable bonds is 3. The molecule has 0 aliphatic rings. The zero-order valence-corrected chi connectivity index (χ0v) is 15.1. The van der Waals surface area contributed by atoms with Gasteiger partial charge in [0.2, 0.25) is 0 Å². The highest BCUT2D eigenvalue weighted by molar-refractivity contribution is 6.38. The van der Waals surface area contributed by atoms with Crippen LogP contribution in [0.5, 0.6) is 0 Å². The summed E-state index contributed by atoms with van der Waals surface area (Å²) in [6, 6.07) is 24.9. The predicted molar refractivity (Wildman–Crippen MR) is 107 cm³/mol. The van der Waals surface area contributed by atoms with Crippen molar-refractivity contribution in [1.29, 1.82) is 0 Å². The molecule has 1 heterocycles. The first-order chi connectivity index (χ1) is 12.7. The van der Waals surface area contributed by atoms with Gasteiger partial charge in [0.1, 0.15) is 5.76 Å². The Morgan fingerprint density at radius 2 is 1.50 bits per heavy atom. The van der Waals surface area contributed by atoms with Crippen LogP contribution in [0.1, 0.15) is 0 Å². The van der Waals surface area contributed by atoms with Gasteiger partial charge in [0.25, 0.3) is 0 Å².